The zero-order chi connectivity index (χ0) is 18.4. The summed E-state index contributed by atoms with van der Waals surface area (Å²) in [6.45, 7) is 7.13. The molecule has 1 fully saturated rings. The van der Waals surface area contributed by atoms with Gasteiger partial charge in [0, 0.05) is 31.4 Å². The topological polar surface area (TPSA) is 54.5 Å². The van der Waals surface area contributed by atoms with Crippen LogP contribution in [0.5, 0.6) is 5.75 Å². The van der Waals surface area contributed by atoms with Crippen molar-refractivity contribution in [2.45, 2.75) is 39.7 Å². The van der Waals surface area contributed by atoms with Crippen LogP contribution in [0.15, 0.2) is 36.5 Å². The molecule has 1 amide bonds. The van der Waals surface area contributed by atoms with Crippen molar-refractivity contribution in [1.29, 1.82) is 0 Å². The number of pyridine rings is 1. The third-order valence-corrected chi connectivity index (χ3v) is 4.82. The number of anilines is 1. The minimum Gasteiger partial charge on any atom is -0.494 e. The first kappa shape index (κ1) is 18.2. The Morgan fingerprint density at radius 3 is 2.81 bits per heavy atom. The predicted octanol–water partition coefficient (Wildman–Crippen LogP) is 3.71. The number of aromatic nitrogens is 1. The highest BCUT2D eigenvalue weighted by Gasteiger charge is 2.14. The first-order chi connectivity index (χ1) is 12.7. The Hall–Kier alpha value is -2.56. The molecule has 1 aromatic heterocycles. The first-order valence-electron chi connectivity index (χ1n) is 9.39. The molecule has 0 radical (unpaired) electrons. The third kappa shape index (κ3) is 4.34. The maximum atomic E-state index is 12.6. The largest absolute Gasteiger partial charge is 0.494 e. The molecule has 2 aromatic rings. The Morgan fingerprint density at radius 2 is 2.04 bits per heavy atom. The van der Waals surface area contributed by atoms with E-state index in [1.807, 2.05) is 38.1 Å². The zero-order valence-corrected chi connectivity index (χ0v) is 15.6. The fourth-order valence-corrected chi connectivity index (χ4v) is 3.30. The minimum absolute atomic E-state index is 0.0770. The second-order valence-electron chi connectivity index (χ2n) is 6.61. The molecular formula is C21H27N3O2. The van der Waals surface area contributed by atoms with Crippen molar-refractivity contribution in [3.63, 3.8) is 0 Å². The van der Waals surface area contributed by atoms with Crippen molar-refractivity contribution in [3.05, 3.63) is 53.2 Å². The summed E-state index contributed by atoms with van der Waals surface area (Å²) in [5, 5.41) is 3.01. The number of piperidine rings is 1. The van der Waals surface area contributed by atoms with E-state index in [-0.39, 0.29) is 5.91 Å². The van der Waals surface area contributed by atoms with Gasteiger partial charge in [0.2, 0.25) is 0 Å². The molecule has 0 unspecified atom stereocenters. The van der Waals surface area contributed by atoms with E-state index in [4.69, 9.17) is 4.74 Å². The lowest BCUT2D eigenvalue weighted by atomic mass is 10.1. The average Bonchev–Trinajstić information content (AvgIpc) is 2.69. The van der Waals surface area contributed by atoms with Gasteiger partial charge in [-0.15, -0.1) is 0 Å². The Bertz CT molecular complexity index is 755. The van der Waals surface area contributed by atoms with Gasteiger partial charge in [0.1, 0.15) is 11.6 Å². The van der Waals surface area contributed by atoms with Gasteiger partial charge < -0.3 is 15.0 Å². The number of carbonyl (C=O) groups excluding carboxylic acids is 1. The molecule has 1 saturated heterocycles. The lowest BCUT2D eigenvalue weighted by Gasteiger charge is -2.27. The van der Waals surface area contributed by atoms with Gasteiger partial charge in [0.05, 0.1) is 6.61 Å². The van der Waals surface area contributed by atoms with Gasteiger partial charge in [0.15, 0.2) is 0 Å². The summed E-state index contributed by atoms with van der Waals surface area (Å²) in [5.74, 6) is 1.69. The molecule has 1 aliphatic heterocycles. The quantitative estimate of drug-likeness (QED) is 0.860. The van der Waals surface area contributed by atoms with Crippen LogP contribution in [0.1, 0.15) is 47.7 Å². The lowest BCUT2D eigenvalue weighted by Crippen LogP contribution is -2.30. The van der Waals surface area contributed by atoms with Crippen LogP contribution in [-0.2, 0) is 6.54 Å². The summed E-state index contributed by atoms with van der Waals surface area (Å²) < 4.78 is 5.63. The van der Waals surface area contributed by atoms with Crippen molar-refractivity contribution >= 4 is 11.7 Å². The van der Waals surface area contributed by atoms with Gasteiger partial charge in [-0.05, 0) is 62.4 Å². The number of hydrogen-bond donors (Lipinski definition) is 1. The van der Waals surface area contributed by atoms with Gasteiger partial charge in [-0.3, -0.25) is 4.79 Å². The highest BCUT2D eigenvalue weighted by molar-refractivity contribution is 5.94. The fraction of sp³-hybridized carbons (Fsp3) is 0.429. The summed E-state index contributed by atoms with van der Waals surface area (Å²) in [7, 11) is 0. The molecular weight excluding hydrogens is 326 g/mol. The van der Waals surface area contributed by atoms with Crippen LogP contribution in [0.25, 0.3) is 0 Å². The standard InChI is InChI=1S/C21H27N3O2/c1-3-26-19-9-7-8-18(16(19)2)15-23-21(25)17-10-11-22-20(14-17)24-12-5-4-6-13-24/h7-11,14H,3-6,12-13,15H2,1-2H3,(H,23,25). The Labute approximate surface area is 155 Å². The van der Waals surface area contributed by atoms with E-state index in [9.17, 15) is 4.79 Å². The molecule has 1 aromatic carbocycles. The number of hydrogen-bond acceptors (Lipinski definition) is 4. The highest BCUT2D eigenvalue weighted by atomic mass is 16.5. The number of benzene rings is 1. The van der Waals surface area contributed by atoms with Gasteiger partial charge in [0.25, 0.3) is 5.91 Å². The number of nitrogens with zero attached hydrogens (tertiary/aromatic N) is 2. The van der Waals surface area contributed by atoms with E-state index in [0.29, 0.717) is 18.7 Å². The molecule has 0 spiro atoms. The molecule has 5 nitrogen and oxygen atoms in total. The van der Waals surface area contributed by atoms with E-state index >= 15 is 0 Å². The summed E-state index contributed by atoms with van der Waals surface area (Å²) in [6, 6.07) is 9.60. The Balaban J connectivity index is 1.66. The minimum atomic E-state index is -0.0770. The van der Waals surface area contributed by atoms with Crippen molar-refractivity contribution < 1.29 is 9.53 Å². The fourth-order valence-electron chi connectivity index (χ4n) is 3.30. The molecule has 1 aliphatic rings. The average molecular weight is 353 g/mol. The molecule has 138 valence electrons. The van der Waals surface area contributed by atoms with E-state index in [2.05, 4.69) is 15.2 Å². The second kappa shape index (κ2) is 8.70. The van der Waals surface area contributed by atoms with Crippen LogP contribution in [0, 0.1) is 6.92 Å². The Kier molecular flexibility index (Phi) is 6.10. The second-order valence-corrected chi connectivity index (χ2v) is 6.61. The van der Waals surface area contributed by atoms with Crippen LogP contribution in [0.2, 0.25) is 0 Å². The summed E-state index contributed by atoms with van der Waals surface area (Å²) >= 11 is 0. The molecule has 0 saturated carbocycles. The summed E-state index contributed by atoms with van der Waals surface area (Å²) in [5.41, 5.74) is 2.78. The number of rotatable bonds is 6. The normalized spacial score (nSPS) is 14.2. The Morgan fingerprint density at radius 1 is 1.23 bits per heavy atom. The summed E-state index contributed by atoms with van der Waals surface area (Å²) in [6.07, 6.45) is 5.37. The summed E-state index contributed by atoms with van der Waals surface area (Å²) in [4.78, 5) is 19.3. The van der Waals surface area contributed by atoms with E-state index < -0.39 is 0 Å². The highest BCUT2D eigenvalue weighted by Crippen LogP contribution is 2.22. The SMILES string of the molecule is CCOc1cccc(CNC(=O)c2ccnc(N3CCCCC3)c2)c1C. The van der Waals surface area contributed by atoms with Crippen LogP contribution in [-0.4, -0.2) is 30.6 Å². The predicted molar refractivity (Wildman–Crippen MR) is 104 cm³/mol. The molecule has 1 N–H and O–H groups in total. The van der Waals surface area contributed by atoms with Crippen LogP contribution < -0.4 is 15.0 Å². The molecule has 0 bridgehead atoms. The van der Waals surface area contributed by atoms with Gasteiger partial charge in [-0.2, -0.15) is 0 Å². The molecule has 0 atom stereocenters. The van der Waals surface area contributed by atoms with E-state index in [0.717, 1.165) is 35.8 Å². The molecule has 26 heavy (non-hydrogen) atoms. The number of amides is 1. The monoisotopic (exact) mass is 353 g/mol. The molecule has 0 aliphatic carbocycles. The molecule has 5 heteroatoms. The maximum Gasteiger partial charge on any atom is 0.251 e. The van der Waals surface area contributed by atoms with Crippen molar-refractivity contribution in [3.8, 4) is 5.75 Å². The van der Waals surface area contributed by atoms with Gasteiger partial charge >= 0.3 is 0 Å². The van der Waals surface area contributed by atoms with Crippen molar-refractivity contribution in [2.24, 2.45) is 0 Å². The molecule has 2 heterocycles. The van der Waals surface area contributed by atoms with E-state index in [1.54, 1.807) is 12.3 Å². The van der Waals surface area contributed by atoms with Crippen molar-refractivity contribution in [2.75, 3.05) is 24.6 Å². The van der Waals surface area contributed by atoms with Crippen LogP contribution in [0.3, 0.4) is 0 Å². The van der Waals surface area contributed by atoms with Crippen LogP contribution >= 0.6 is 0 Å². The number of carbonyl (C=O) groups is 1. The smallest absolute Gasteiger partial charge is 0.251 e. The number of ether oxygens (including phenoxy) is 1. The van der Waals surface area contributed by atoms with Gasteiger partial charge in [-0.25, -0.2) is 4.98 Å². The molecule has 3 rings (SSSR count). The first-order valence-corrected chi connectivity index (χ1v) is 9.39. The van der Waals surface area contributed by atoms with Gasteiger partial charge in [-0.1, -0.05) is 12.1 Å². The van der Waals surface area contributed by atoms with Crippen LogP contribution in [0.4, 0.5) is 5.82 Å². The lowest BCUT2D eigenvalue weighted by molar-refractivity contribution is 0.0950. The zero-order valence-electron chi connectivity index (χ0n) is 15.6. The number of nitrogens with one attached hydrogen (secondary N) is 1. The maximum absolute atomic E-state index is 12.6. The van der Waals surface area contributed by atoms with E-state index in [1.165, 1.54) is 19.3 Å². The third-order valence-electron chi connectivity index (χ3n) is 4.82. The van der Waals surface area contributed by atoms with Crippen molar-refractivity contribution in [1.82, 2.24) is 10.3 Å².